The molecule has 0 bridgehead atoms. The molecule has 0 aliphatic heterocycles. The van der Waals surface area contributed by atoms with Crippen molar-refractivity contribution in [2.45, 2.75) is 0 Å². The predicted molar refractivity (Wildman–Crippen MR) is 207 cm³/mol. The molecule has 244 valence electrons. The highest BCUT2D eigenvalue weighted by Gasteiger charge is 2.20. The Hall–Kier alpha value is -7.18. The Labute approximate surface area is 298 Å². The van der Waals surface area contributed by atoms with E-state index in [1.165, 1.54) is 0 Å². The van der Waals surface area contributed by atoms with Gasteiger partial charge in [0.1, 0.15) is 11.0 Å². The second-order valence-corrected chi connectivity index (χ2v) is 12.6. The number of nitrogens with zero attached hydrogens (tertiary/aromatic N) is 4. The van der Waals surface area contributed by atoms with Crippen molar-refractivity contribution in [1.29, 1.82) is 0 Å². The lowest BCUT2D eigenvalue weighted by molar-refractivity contribution is 0.619. The number of aromatic nitrogens is 4. The fourth-order valence-corrected chi connectivity index (χ4v) is 6.83. The molecule has 10 rings (SSSR count). The lowest BCUT2D eigenvalue weighted by Gasteiger charge is -2.17. The van der Waals surface area contributed by atoms with Crippen molar-refractivity contribution in [2.24, 2.45) is 0 Å². The van der Waals surface area contributed by atoms with Gasteiger partial charge in [0, 0.05) is 22.3 Å². The summed E-state index contributed by atoms with van der Waals surface area (Å²) >= 11 is 0. The zero-order valence-corrected chi connectivity index (χ0v) is 27.8. The summed E-state index contributed by atoms with van der Waals surface area (Å²) in [5.41, 5.74) is 14.6. The van der Waals surface area contributed by atoms with Crippen LogP contribution < -0.4 is 0 Å². The zero-order valence-electron chi connectivity index (χ0n) is 27.8. The van der Waals surface area contributed by atoms with Crippen LogP contribution in [0.4, 0.5) is 0 Å². The van der Waals surface area contributed by atoms with E-state index < -0.39 is 0 Å². The van der Waals surface area contributed by atoms with Crippen LogP contribution in [-0.2, 0) is 0 Å². The number of hydrogen-bond acceptors (Lipinski definition) is 6. The van der Waals surface area contributed by atoms with Crippen molar-refractivity contribution in [3.8, 4) is 67.7 Å². The van der Waals surface area contributed by atoms with Crippen molar-refractivity contribution in [2.75, 3.05) is 0 Å². The van der Waals surface area contributed by atoms with E-state index in [4.69, 9.17) is 28.8 Å². The first kappa shape index (κ1) is 29.7. The SMILES string of the molecule is c1ccc(-c2nc3ccccc3nc2-c2ccccc2-c2ccc(-c3nc4ccccc4o3)cc2)c(-c2ccc(-c3nc4ccccc4o3)cc2)c1. The highest BCUT2D eigenvalue weighted by molar-refractivity contribution is 5.96. The fraction of sp³-hybridized carbons (Fsp3) is 0. The molecule has 0 unspecified atom stereocenters. The van der Waals surface area contributed by atoms with E-state index in [-0.39, 0.29) is 0 Å². The quantitative estimate of drug-likeness (QED) is 0.175. The summed E-state index contributed by atoms with van der Waals surface area (Å²) in [6.07, 6.45) is 0. The molecule has 0 N–H and O–H groups in total. The van der Waals surface area contributed by atoms with Gasteiger partial charge in [-0.2, -0.15) is 0 Å². The topological polar surface area (TPSA) is 77.8 Å². The molecular weight excluding hydrogens is 641 g/mol. The van der Waals surface area contributed by atoms with Gasteiger partial charge < -0.3 is 8.83 Å². The molecular formula is C46H28N4O2. The third-order valence-electron chi connectivity index (χ3n) is 9.41. The number of para-hydroxylation sites is 6. The molecule has 0 atom stereocenters. The highest BCUT2D eigenvalue weighted by Crippen LogP contribution is 2.41. The first-order valence-corrected chi connectivity index (χ1v) is 17.1. The minimum atomic E-state index is 0.599. The van der Waals surface area contributed by atoms with Crippen LogP contribution in [0.15, 0.2) is 179 Å². The van der Waals surface area contributed by atoms with Crippen LogP contribution in [0.25, 0.3) is 101 Å². The van der Waals surface area contributed by atoms with Gasteiger partial charge in [0.2, 0.25) is 11.8 Å². The van der Waals surface area contributed by atoms with Gasteiger partial charge in [-0.15, -0.1) is 0 Å². The molecule has 7 aromatic carbocycles. The second kappa shape index (κ2) is 12.3. The summed E-state index contributed by atoms with van der Waals surface area (Å²) in [4.78, 5) is 20.0. The van der Waals surface area contributed by atoms with E-state index >= 15 is 0 Å². The smallest absolute Gasteiger partial charge is 0.227 e. The number of oxazole rings is 2. The van der Waals surface area contributed by atoms with E-state index in [9.17, 15) is 0 Å². The van der Waals surface area contributed by atoms with Crippen LogP contribution in [0, 0.1) is 0 Å². The molecule has 3 heterocycles. The van der Waals surface area contributed by atoms with Crippen molar-refractivity contribution >= 4 is 33.2 Å². The van der Waals surface area contributed by atoms with Gasteiger partial charge in [0.25, 0.3) is 0 Å². The highest BCUT2D eigenvalue weighted by atomic mass is 16.4. The standard InChI is InChI=1S/C46H28N4O2/c1-3-13-35(33(11-1)29-21-25-31(26-22-29)45-49-39-17-7-9-19-41(39)51-45)43-44(48-38-16-6-5-15-37(38)47-43)36-14-4-2-12-34(36)30-23-27-32(28-24-30)46-50-40-18-8-10-20-42(40)52-46/h1-28H. The minimum absolute atomic E-state index is 0.599. The predicted octanol–water partition coefficient (Wildman–Crippen LogP) is 11.9. The van der Waals surface area contributed by atoms with Crippen LogP contribution in [0.5, 0.6) is 0 Å². The molecule has 10 aromatic rings. The zero-order chi connectivity index (χ0) is 34.4. The Balaban J connectivity index is 1.08. The minimum Gasteiger partial charge on any atom is -0.436 e. The third kappa shape index (κ3) is 5.22. The van der Waals surface area contributed by atoms with Crippen molar-refractivity contribution in [3.63, 3.8) is 0 Å². The Bertz CT molecular complexity index is 2640. The Morgan fingerprint density at radius 2 is 0.596 bits per heavy atom. The van der Waals surface area contributed by atoms with Crippen LogP contribution in [-0.4, -0.2) is 19.9 Å². The maximum Gasteiger partial charge on any atom is 0.227 e. The second-order valence-electron chi connectivity index (χ2n) is 12.6. The number of benzene rings is 7. The molecule has 0 spiro atoms. The Kier molecular flexibility index (Phi) is 7.03. The molecule has 3 aromatic heterocycles. The average Bonchev–Trinajstić information content (AvgIpc) is 3.86. The summed E-state index contributed by atoms with van der Waals surface area (Å²) in [6, 6.07) is 57.2. The van der Waals surface area contributed by atoms with Crippen LogP contribution in [0.1, 0.15) is 0 Å². The Morgan fingerprint density at radius 1 is 0.269 bits per heavy atom. The lowest BCUT2D eigenvalue weighted by Crippen LogP contribution is -1.98. The van der Waals surface area contributed by atoms with E-state index in [0.717, 1.165) is 89.1 Å². The Morgan fingerprint density at radius 3 is 1.00 bits per heavy atom. The molecule has 0 amide bonds. The molecule has 52 heavy (non-hydrogen) atoms. The van der Waals surface area contributed by atoms with Gasteiger partial charge in [0.15, 0.2) is 11.2 Å². The van der Waals surface area contributed by atoms with Crippen LogP contribution >= 0.6 is 0 Å². The number of fused-ring (bicyclic) bond motifs is 3. The van der Waals surface area contributed by atoms with Crippen LogP contribution in [0.3, 0.4) is 0 Å². The van der Waals surface area contributed by atoms with Gasteiger partial charge in [-0.1, -0.05) is 109 Å². The molecule has 0 aliphatic rings. The van der Waals surface area contributed by atoms with E-state index in [0.29, 0.717) is 11.8 Å². The maximum absolute atomic E-state index is 6.05. The largest absolute Gasteiger partial charge is 0.436 e. The normalized spacial score (nSPS) is 11.5. The fourth-order valence-electron chi connectivity index (χ4n) is 6.83. The monoisotopic (exact) mass is 668 g/mol. The van der Waals surface area contributed by atoms with Gasteiger partial charge >= 0.3 is 0 Å². The van der Waals surface area contributed by atoms with Crippen molar-refractivity contribution in [3.05, 3.63) is 170 Å². The molecule has 0 fully saturated rings. The molecule has 0 radical (unpaired) electrons. The summed E-state index contributed by atoms with van der Waals surface area (Å²) in [5, 5.41) is 0. The molecule has 6 nitrogen and oxygen atoms in total. The number of hydrogen-bond donors (Lipinski definition) is 0. The first-order valence-electron chi connectivity index (χ1n) is 17.1. The van der Waals surface area contributed by atoms with Gasteiger partial charge in [-0.25, -0.2) is 19.9 Å². The lowest BCUT2D eigenvalue weighted by atomic mass is 9.91. The van der Waals surface area contributed by atoms with Crippen molar-refractivity contribution < 1.29 is 8.83 Å². The molecule has 0 aliphatic carbocycles. The summed E-state index contributed by atoms with van der Waals surface area (Å²) < 4.78 is 12.1. The van der Waals surface area contributed by atoms with E-state index in [1.807, 2.05) is 72.8 Å². The first-order chi connectivity index (χ1) is 25.7. The van der Waals surface area contributed by atoms with E-state index in [2.05, 4.69) is 97.1 Å². The summed E-state index contributed by atoms with van der Waals surface area (Å²) in [6.45, 7) is 0. The van der Waals surface area contributed by atoms with Crippen LogP contribution in [0.2, 0.25) is 0 Å². The summed E-state index contributed by atoms with van der Waals surface area (Å²) in [7, 11) is 0. The third-order valence-corrected chi connectivity index (χ3v) is 9.41. The average molecular weight is 669 g/mol. The molecule has 6 heteroatoms. The van der Waals surface area contributed by atoms with Gasteiger partial charge in [-0.05, 0) is 82.9 Å². The van der Waals surface area contributed by atoms with Crippen molar-refractivity contribution in [1.82, 2.24) is 19.9 Å². The number of rotatable bonds is 6. The molecule has 0 saturated carbocycles. The van der Waals surface area contributed by atoms with E-state index in [1.54, 1.807) is 0 Å². The maximum atomic E-state index is 6.05. The van der Waals surface area contributed by atoms with Gasteiger partial charge in [0.05, 0.1) is 22.4 Å². The summed E-state index contributed by atoms with van der Waals surface area (Å²) in [5.74, 6) is 1.20. The molecule has 0 saturated heterocycles. The van der Waals surface area contributed by atoms with Gasteiger partial charge in [-0.3, -0.25) is 0 Å².